The van der Waals surface area contributed by atoms with Gasteiger partial charge in [0.1, 0.15) is 35.2 Å². The van der Waals surface area contributed by atoms with Crippen LogP contribution in [0.5, 0.6) is 5.75 Å². The maximum absolute atomic E-state index is 14.1. The molecular formula is C24H20FN5O2. The van der Waals surface area contributed by atoms with E-state index in [9.17, 15) is 4.39 Å². The van der Waals surface area contributed by atoms with Crippen molar-refractivity contribution in [3.05, 3.63) is 78.6 Å². The monoisotopic (exact) mass is 429 g/mol. The number of aromatic nitrogens is 5. The lowest BCUT2D eigenvalue weighted by Crippen LogP contribution is -2.04. The average Bonchev–Trinajstić information content (AvgIpc) is 3.45. The Hall–Kier alpha value is -4.07. The summed E-state index contributed by atoms with van der Waals surface area (Å²) >= 11 is 0. The maximum atomic E-state index is 14.1. The summed E-state index contributed by atoms with van der Waals surface area (Å²) in [5.41, 5.74) is 3.26. The Morgan fingerprint density at radius 3 is 2.62 bits per heavy atom. The van der Waals surface area contributed by atoms with Gasteiger partial charge in [-0.1, -0.05) is 24.2 Å². The van der Waals surface area contributed by atoms with E-state index in [4.69, 9.17) is 9.26 Å². The van der Waals surface area contributed by atoms with E-state index >= 15 is 0 Å². The first-order chi connectivity index (χ1) is 15.7. The third-order valence-electron chi connectivity index (χ3n) is 4.93. The van der Waals surface area contributed by atoms with Crippen LogP contribution in [0.1, 0.15) is 19.1 Å². The molecule has 0 N–H and O–H groups in total. The van der Waals surface area contributed by atoms with Gasteiger partial charge in [0.2, 0.25) is 0 Å². The molecule has 0 spiro atoms. The number of rotatable bonds is 7. The van der Waals surface area contributed by atoms with E-state index in [2.05, 4.69) is 27.1 Å². The number of halogens is 1. The van der Waals surface area contributed by atoms with E-state index in [1.54, 1.807) is 35.3 Å². The van der Waals surface area contributed by atoms with E-state index in [1.807, 2.05) is 30.3 Å². The zero-order valence-corrected chi connectivity index (χ0v) is 17.4. The minimum Gasteiger partial charge on any atom is -0.494 e. The van der Waals surface area contributed by atoms with E-state index < -0.39 is 0 Å². The maximum Gasteiger partial charge on any atom is 0.163 e. The minimum atomic E-state index is -0.359. The number of hydrogen-bond donors (Lipinski definition) is 0. The summed E-state index contributed by atoms with van der Waals surface area (Å²) in [6, 6.07) is 16.1. The lowest BCUT2D eigenvalue weighted by molar-refractivity contribution is 0.317. The molecule has 32 heavy (non-hydrogen) atoms. The van der Waals surface area contributed by atoms with Crippen LogP contribution in [0.15, 0.2) is 71.5 Å². The smallest absolute Gasteiger partial charge is 0.163 e. The zero-order valence-electron chi connectivity index (χ0n) is 17.4. The Bertz CT molecular complexity index is 1310. The molecule has 0 unspecified atom stereocenters. The first kappa shape index (κ1) is 19.9. The van der Waals surface area contributed by atoms with Gasteiger partial charge in [-0.25, -0.2) is 14.4 Å². The largest absolute Gasteiger partial charge is 0.494 e. The number of fused-ring (bicyclic) bond motifs is 1. The predicted molar refractivity (Wildman–Crippen MR) is 117 cm³/mol. The zero-order chi connectivity index (χ0) is 21.9. The van der Waals surface area contributed by atoms with Gasteiger partial charge in [-0.2, -0.15) is 5.10 Å². The lowest BCUT2D eigenvalue weighted by Gasteiger charge is -2.04. The van der Waals surface area contributed by atoms with Crippen molar-refractivity contribution in [2.75, 3.05) is 6.61 Å². The van der Waals surface area contributed by atoms with Gasteiger partial charge in [0.05, 0.1) is 24.6 Å². The predicted octanol–water partition coefficient (Wildman–Crippen LogP) is 5.08. The van der Waals surface area contributed by atoms with E-state index in [0.29, 0.717) is 41.7 Å². The van der Waals surface area contributed by atoms with E-state index in [-0.39, 0.29) is 5.82 Å². The summed E-state index contributed by atoms with van der Waals surface area (Å²) in [7, 11) is 0. The van der Waals surface area contributed by atoms with Crippen LogP contribution in [-0.2, 0) is 6.54 Å². The molecule has 1 aromatic heterocycles. The minimum absolute atomic E-state index is 0.339. The topological polar surface area (TPSA) is 78.9 Å². The van der Waals surface area contributed by atoms with Gasteiger partial charge in [0.25, 0.3) is 0 Å². The SMILES string of the molecule is CCCOc1ccc(-c2cc(Cn3cc4nc(-c5ccccc5F)nc-4cn3)on2)cc1. The van der Waals surface area contributed by atoms with Gasteiger partial charge in [-0.15, -0.1) is 0 Å². The summed E-state index contributed by atoms with van der Waals surface area (Å²) < 4.78 is 26.9. The molecule has 0 atom stereocenters. The summed E-state index contributed by atoms with van der Waals surface area (Å²) in [4.78, 5) is 8.85. The average molecular weight is 429 g/mol. The molecule has 0 amide bonds. The van der Waals surface area contributed by atoms with Gasteiger partial charge in [0.15, 0.2) is 11.6 Å². The van der Waals surface area contributed by atoms with E-state index in [1.165, 1.54) is 6.07 Å². The Balaban J connectivity index is 1.33. The van der Waals surface area contributed by atoms with Crippen molar-refractivity contribution in [1.82, 2.24) is 24.9 Å². The number of benzene rings is 2. The van der Waals surface area contributed by atoms with Crippen molar-refractivity contribution in [3.8, 4) is 39.8 Å². The molecule has 3 heterocycles. The second-order valence-electron chi connectivity index (χ2n) is 7.32. The Kier molecular flexibility index (Phi) is 5.33. The van der Waals surface area contributed by atoms with Crippen LogP contribution in [0, 0.1) is 5.82 Å². The molecule has 0 saturated carbocycles. The highest BCUT2D eigenvalue weighted by Crippen LogP contribution is 2.26. The molecule has 2 aromatic carbocycles. The molecule has 0 bridgehead atoms. The highest BCUT2D eigenvalue weighted by Gasteiger charge is 2.16. The number of imidazole rings is 1. The lowest BCUT2D eigenvalue weighted by atomic mass is 10.1. The van der Waals surface area contributed by atoms with Crippen LogP contribution >= 0.6 is 0 Å². The van der Waals surface area contributed by atoms with Crippen molar-refractivity contribution in [1.29, 1.82) is 0 Å². The Morgan fingerprint density at radius 1 is 1.00 bits per heavy atom. The molecule has 3 aromatic rings. The van der Waals surface area contributed by atoms with Crippen molar-refractivity contribution in [3.63, 3.8) is 0 Å². The second-order valence-corrected chi connectivity index (χ2v) is 7.32. The van der Waals surface area contributed by atoms with Crippen molar-refractivity contribution < 1.29 is 13.7 Å². The Morgan fingerprint density at radius 2 is 1.81 bits per heavy atom. The molecule has 5 rings (SSSR count). The quantitative estimate of drug-likeness (QED) is 0.359. The number of nitrogens with zero attached hydrogens (tertiary/aromatic N) is 5. The van der Waals surface area contributed by atoms with E-state index in [0.717, 1.165) is 23.4 Å². The van der Waals surface area contributed by atoms with Crippen LogP contribution in [0.25, 0.3) is 34.0 Å². The van der Waals surface area contributed by atoms with Gasteiger partial charge < -0.3 is 9.26 Å². The van der Waals surface area contributed by atoms with Crippen LogP contribution in [0.2, 0.25) is 0 Å². The fourth-order valence-corrected chi connectivity index (χ4v) is 3.34. The molecule has 7 nitrogen and oxygen atoms in total. The molecule has 2 aliphatic rings. The van der Waals surface area contributed by atoms with Gasteiger partial charge in [0, 0.05) is 11.6 Å². The summed E-state index contributed by atoms with van der Waals surface area (Å²) in [6.45, 7) is 3.14. The first-order valence-corrected chi connectivity index (χ1v) is 10.3. The number of ether oxygens (including phenoxy) is 1. The normalized spacial score (nSPS) is 11.2. The molecule has 0 fully saturated rings. The summed E-state index contributed by atoms with van der Waals surface area (Å²) in [5, 5.41) is 8.53. The standard InChI is InChI=1S/C24H20FN5O2/c1-2-11-31-17-9-7-16(8-10-17)21-12-18(32-29-21)14-30-15-23-22(13-26-30)27-24(28-23)19-5-3-4-6-20(19)25/h3-10,12-13,15H,2,11,14H2,1H3. The molecule has 2 aliphatic heterocycles. The summed E-state index contributed by atoms with van der Waals surface area (Å²) in [6.07, 6.45) is 4.33. The van der Waals surface area contributed by atoms with Crippen LogP contribution in [0.3, 0.4) is 0 Å². The fraction of sp³-hybridized carbons (Fsp3) is 0.167. The third kappa shape index (κ3) is 4.07. The van der Waals surface area contributed by atoms with Gasteiger partial charge >= 0.3 is 0 Å². The van der Waals surface area contributed by atoms with Gasteiger partial charge in [-0.05, 0) is 42.8 Å². The molecule has 0 radical (unpaired) electrons. The van der Waals surface area contributed by atoms with Crippen LogP contribution in [0.4, 0.5) is 4.39 Å². The highest BCUT2D eigenvalue weighted by molar-refractivity contribution is 5.65. The second kappa shape index (κ2) is 8.58. The highest BCUT2D eigenvalue weighted by atomic mass is 19.1. The van der Waals surface area contributed by atoms with Crippen LogP contribution < -0.4 is 4.74 Å². The Labute approximate surface area is 183 Å². The first-order valence-electron chi connectivity index (χ1n) is 10.3. The van der Waals surface area contributed by atoms with Crippen molar-refractivity contribution in [2.45, 2.75) is 19.9 Å². The van der Waals surface area contributed by atoms with Gasteiger partial charge in [-0.3, -0.25) is 4.68 Å². The number of hydrogen-bond acceptors (Lipinski definition) is 6. The third-order valence-corrected chi connectivity index (χ3v) is 4.93. The molecule has 0 saturated heterocycles. The molecule has 8 heteroatoms. The molecule has 160 valence electrons. The van der Waals surface area contributed by atoms with Crippen LogP contribution in [-0.4, -0.2) is 31.5 Å². The fourth-order valence-electron chi connectivity index (χ4n) is 3.34. The molecular weight excluding hydrogens is 409 g/mol. The summed E-state index contributed by atoms with van der Waals surface area (Å²) in [5.74, 6) is 1.46. The van der Waals surface area contributed by atoms with Crippen molar-refractivity contribution in [2.24, 2.45) is 0 Å². The van der Waals surface area contributed by atoms with Crippen molar-refractivity contribution >= 4 is 0 Å². The molecule has 0 aliphatic carbocycles.